The Bertz CT molecular complexity index is 471. The van der Waals surface area contributed by atoms with Gasteiger partial charge in [-0.3, -0.25) is 0 Å². The molecule has 134 valence electrons. The number of carbonyl (C=O) groups is 2. The van der Waals surface area contributed by atoms with Gasteiger partial charge in [0.2, 0.25) is 0 Å². The highest BCUT2D eigenvalue weighted by molar-refractivity contribution is 5.75. The first-order chi connectivity index (χ1) is 9.20. The van der Waals surface area contributed by atoms with Crippen LogP contribution < -0.4 is 5.32 Å². The summed E-state index contributed by atoms with van der Waals surface area (Å²) in [5, 5.41) is 21.0. The van der Waals surface area contributed by atoms with Crippen LogP contribution in [-0.4, -0.2) is 50.4 Å². The van der Waals surface area contributed by atoms with Gasteiger partial charge in [0.1, 0.15) is 5.60 Å². The Labute approximate surface area is 133 Å². The maximum absolute atomic E-state index is 11.7. The van der Waals surface area contributed by atoms with Crippen molar-refractivity contribution in [2.24, 2.45) is 0 Å². The van der Waals surface area contributed by atoms with Gasteiger partial charge in [0.15, 0.2) is 6.10 Å². The van der Waals surface area contributed by atoms with Gasteiger partial charge in [-0.05, 0) is 26.3 Å². The zero-order valence-corrected chi connectivity index (χ0v) is 13.2. The second-order valence-corrected chi connectivity index (χ2v) is 5.32. The van der Waals surface area contributed by atoms with Crippen molar-refractivity contribution in [1.29, 1.82) is 0 Å². The lowest BCUT2D eigenvalue weighted by molar-refractivity contribution is -0.148. The number of hydrogen-bond donors (Lipinski definition) is 3. The van der Waals surface area contributed by atoms with Crippen molar-refractivity contribution in [1.82, 2.24) is 5.32 Å². The third kappa shape index (κ3) is 8.73. The molecule has 0 spiro atoms. The molecule has 0 fully saturated rings. The minimum Gasteiger partial charge on any atom is -0.479 e. The van der Waals surface area contributed by atoms with Crippen LogP contribution in [0.3, 0.4) is 0 Å². The Hall–Kier alpha value is -2.20. The zero-order chi connectivity index (χ0) is 15.3. The van der Waals surface area contributed by atoms with E-state index in [9.17, 15) is 14.7 Å². The number of ether oxygens (including phenoxy) is 1. The van der Waals surface area contributed by atoms with E-state index in [4.69, 9.17) is 9.84 Å². The normalized spacial score (nSPS) is 12.3. The molecule has 0 radical (unpaired) electrons. The van der Waals surface area contributed by atoms with E-state index < -0.39 is 29.8 Å². The number of aliphatic carboxylic acids is 1. The Morgan fingerprint density at radius 2 is 1.57 bits per heavy atom. The van der Waals surface area contributed by atoms with Crippen LogP contribution in [0.2, 0.25) is 0 Å². The van der Waals surface area contributed by atoms with Crippen molar-refractivity contribution in [3.8, 4) is 0 Å². The van der Waals surface area contributed by atoms with Crippen LogP contribution in [0.15, 0.2) is 30.3 Å². The summed E-state index contributed by atoms with van der Waals surface area (Å²) < 4.78 is 5.07. The summed E-state index contributed by atoms with van der Waals surface area (Å²) in [6.45, 7) is 5.08. The van der Waals surface area contributed by atoms with Crippen molar-refractivity contribution in [3.63, 3.8) is 0 Å². The molecule has 1 amide bonds. The minimum atomic E-state index is -1.76. The van der Waals surface area contributed by atoms with Gasteiger partial charge in [0.25, 0.3) is 0 Å². The van der Waals surface area contributed by atoms with Gasteiger partial charge in [-0.2, -0.15) is 0 Å². The summed E-state index contributed by atoms with van der Waals surface area (Å²) in [4.78, 5) is 22.7. The first kappa shape index (κ1) is 25.7. The van der Waals surface area contributed by atoms with Crippen LogP contribution in [-0.2, 0) is 9.53 Å². The van der Waals surface area contributed by atoms with Gasteiger partial charge in [-0.15, -0.1) is 0 Å². The maximum Gasteiger partial charge on any atom is 0.408 e. The van der Waals surface area contributed by atoms with Crippen molar-refractivity contribution in [2.75, 3.05) is 0 Å². The Kier molecular flexibility index (Phi) is 11.8. The van der Waals surface area contributed by atoms with Crippen LogP contribution in [0.5, 0.6) is 0 Å². The van der Waals surface area contributed by atoms with E-state index in [0.717, 1.165) is 0 Å². The standard InChI is InChI=1S/C14H19NO5.3H2O/c1-14(2,3)20-13(19)15-10(11(16)12(17)18)9-7-5-4-6-8-9;;;/h4-8,10-11,16H,1-3H3,(H,15,19)(H,17,18);3*1H2/t10-,11+;;;/m0.../s1. The molecule has 0 saturated heterocycles. The fourth-order valence-corrected chi connectivity index (χ4v) is 1.58. The fourth-order valence-electron chi connectivity index (χ4n) is 1.58. The van der Waals surface area contributed by atoms with E-state index in [1.54, 1.807) is 51.1 Å². The first-order valence-corrected chi connectivity index (χ1v) is 6.16. The van der Waals surface area contributed by atoms with Crippen LogP contribution in [0.4, 0.5) is 4.79 Å². The van der Waals surface area contributed by atoms with Crippen LogP contribution in [0, 0.1) is 0 Å². The topological polar surface area (TPSA) is 190 Å². The summed E-state index contributed by atoms with van der Waals surface area (Å²) in [6.07, 6.45) is -2.54. The molecule has 0 bridgehead atoms. The van der Waals surface area contributed by atoms with Crippen LogP contribution >= 0.6 is 0 Å². The van der Waals surface area contributed by atoms with E-state index in [0.29, 0.717) is 5.56 Å². The number of rotatable bonds is 4. The van der Waals surface area contributed by atoms with Crippen LogP contribution in [0.1, 0.15) is 32.4 Å². The van der Waals surface area contributed by atoms with Gasteiger partial charge >= 0.3 is 12.1 Å². The number of amides is 1. The third-order valence-corrected chi connectivity index (χ3v) is 2.40. The van der Waals surface area contributed by atoms with Gasteiger partial charge in [0.05, 0.1) is 6.04 Å². The van der Waals surface area contributed by atoms with Crippen molar-refractivity contribution < 1.29 is 41.0 Å². The van der Waals surface area contributed by atoms with Gasteiger partial charge in [-0.1, -0.05) is 30.3 Å². The summed E-state index contributed by atoms with van der Waals surface area (Å²) in [5.74, 6) is -1.42. The van der Waals surface area contributed by atoms with E-state index in [-0.39, 0.29) is 16.4 Å². The molecule has 1 aromatic carbocycles. The average Bonchev–Trinajstić information content (AvgIpc) is 2.34. The molecule has 0 aliphatic heterocycles. The van der Waals surface area contributed by atoms with Gasteiger partial charge in [0, 0.05) is 0 Å². The highest BCUT2D eigenvalue weighted by Crippen LogP contribution is 2.18. The van der Waals surface area contributed by atoms with Crippen molar-refractivity contribution >= 4 is 12.1 Å². The van der Waals surface area contributed by atoms with E-state index in [1.807, 2.05) is 0 Å². The van der Waals surface area contributed by atoms with Crippen molar-refractivity contribution in [3.05, 3.63) is 35.9 Å². The molecule has 1 aromatic rings. The smallest absolute Gasteiger partial charge is 0.408 e. The quantitative estimate of drug-likeness (QED) is 0.649. The number of carboxylic acid groups (broad SMARTS) is 1. The van der Waals surface area contributed by atoms with Gasteiger partial charge in [-0.25, -0.2) is 9.59 Å². The van der Waals surface area contributed by atoms with E-state index in [2.05, 4.69) is 5.32 Å². The molecule has 0 heterocycles. The highest BCUT2D eigenvalue weighted by Gasteiger charge is 2.30. The SMILES string of the molecule is CC(C)(C)OC(=O)N[C@@H](c1ccccc1)[C@@H](O)C(=O)O.O.O.O. The van der Waals surface area contributed by atoms with E-state index in [1.165, 1.54) is 0 Å². The zero-order valence-electron chi connectivity index (χ0n) is 13.2. The molecule has 9 nitrogen and oxygen atoms in total. The minimum absolute atomic E-state index is 0. The van der Waals surface area contributed by atoms with Crippen LogP contribution in [0.25, 0.3) is 0 Å². The number of hydrogen-bond acceptors (Lipinski definition) is 4. The summed E-state index contributed by atoms with van der Waals surface area (Å²) in [5.41, 5.74) is -0.229. The Balaban J connectivity index is -0.00000133. The first-order valence-electron chi connectivity index (χ1n) is 6.16. The summed E-state index contributed by atoms with van der Waals surface area (Å²) in [6, 6.07) is 7.29. The Morgan fingerprint density at radius 3 is 1.96 bits per heavy atom. The molecule has 0 aliphatic carbocycles. The van der Waals surface area contributed by atoms with Crippen molar-refractivity contribution in [2.45, 2.75) is 38.5 Å². The molecule has 1 rings (SSSR count). The fraction of sp³-hybridized carbons (Fsp3) is 0.429. The molecular weight excluding hydrogens is 310 g/mol. The number of carboxylic acids is 1. The number of aliphatic hydroxyl groups is 1. The highest BCUT2D eigenvalue weighted by atomic mass is 16.6. The predicted molar refractivity (Wildman–Crippen MR) is 83.0 cm³/mol. The number of alkyl carbamates (subject to hydrolysis) is 1. The second-order valence-electron chi connectivity index (χ2n) is 5.32. The lowest BCUT2D eigenvalue weighted by Crippen LogP contribution is -2.42. The molecule has 2 atom stereocenters. The number of benzene rings is 1. The maximum atomic E-state index is 11.7. The third-order valence-electron chi connectivity index (χ3n) is 2.40. The second kappa shape index (κ2) is 10.5. The molecule has 0 saturated carbocycles. The summed E-state index contributed by atoms with van der Waals surface area (Å²) >= 11 is 0. The molecule has 0 aromatic heterocycles. The largest absolute Gasteiger partial charge is 0.479 e. The predicted octanol–water partition coefficient (Wildman–Crippen LogP) is -0.776. The molecule has 9 N–H and O–H groups in total. The summed E-state index contributed by atoms with van der Waals surface area (Å²) in [7, 11) is 0. The molecular formula is C14H25NO8. The number of nitrogens with one attached hydrogen (secondary N) is 1. The molecule has 0 aliphatic rings. The monoisotopic (exact) mass is 335 g/mol. The molecule has 0 unspecified atom stereocenters. The lowest BCUT2D eigenvalue weighted by Gasteiger charge is -2.25. The molecule has 9 heteroatoms. The molecule has 23 heavy (non-hydrogen) atoms. The number of carbonyl (C=O) groups excluding carboxylic acids is 1. The average molecular weight is 335 g/mol. The Morgan fingerprint density at radius 1 is 1.09 bits per heavy atom. The van der Waals surface area contributed by atoms with Gasteiger partial charge < -0.3 is 36.7 Å². The number of aliphatic hydroxyl groups excluding tert-OH is 1. The van der Waals surface area contributed by atoms with E-state index >= 15 is 0 Å². The lowest BCUT2D eigenvalue weighted by atomic mass is 10.0.